The van der Waals surface area contributed by atoms with Crippen molar-refractivity contribution in [1.29, 1.82) is 0 Å². The van der Waals surface area contributed by atoms with E-state index < -0.39 is 0 Å². The minimum Gasteiger partial charge on any atom is -0.332 e. The normalized spacial score (nSPS) is 20.0. The van der Waals surface area contributed by atoms with Crippen molar-refractivity contribution in [3.05, 3.63) is 21.4 Å². The van der Waals surface area contributed by atoms with E-state index in [1.54, 1.807) is 4.90 Å². The van der Waals surface area contributed by atoms with Gasteiger partial charge < -0.3 is 4.90 Å². The van der Waals surface area contributed by atoms with Crippen molar-refractivity contribution in [2.24, 2.45) is 5.92 Å². The lowest BCUT2D eigenvalue weighted by atomic mass is 9.90. The Labute approximate surface area is 149 Å². The Morgan fingerprint density at radius 2 is 2.21 bits per heavy atom. The molecule has 0 unspecified atom stereocenters. The number of nitrogens with one attached hydrogen (secondary N) is 2. The fourth-order valence-electron chi connectivity index (χ4n) is 2.93. The third-order valence-electron chi connectivity index (χ3n) is 4.32. The van der Waals surface area contributed by atoms with Crippen molar-refractivity contribution in [3.8, 4) is 0 Å². The van der Waals surface area contributed by atoms with Gasteiger partial charge in [0.25, 0.3) is 11.1 Å². The van der Waals surface area contributed by atoms with Gasteiger partial charge in [0.2, 0.25) is 5.91 Å². The lowest BCUT2D eigenvalue weighted by molar-refractivity contribution is -0.122. The fraction of sp³-hybridized carbons (Fsp3) is 0.562. The monoisotopic (exact) mass is 367 g/mol. The van der Waals surface area contributed by atoms with Crippen LogP contribution in [0.4, 0.5) is 4.79 Å². The van der Waals surface area contributed by atoms with E-state index in [4.69, 9.17) is 0 Å². The number of fused-ring (bicyclic) bond motifs is 1. The highest BCUT2D eigenvalue weighted by Crippen LogP contribution is 2.32. The molecule has 1 aliphatic heterocycles. The number of carbonyl (C=O) groups is 3. The molecule has 2 N–H and O–H groups in total. The molecule has 24 heavy (non-hydrogen) atoms. The maximum Gasteiger partial charge on any atom is 0.281 e. The molecule has 3 amide bonds. The summed E-state index contributed by atoms with van der Waals surface area (Å²) < 4.78 is 0. The number of rotatable bonds is 4. The molecule has 1 aromatic rings. The molecule has 1 fully saturated rings. The van der Waals surface area contributed by atoms with Gasteiger partial charge in [0, 0.05) is 30.1 Å². The number of thiophene rings is 1. The van der Waals surface area contributed by atoms with E-state index in [1.165, 1.54) is 40.0 Å². The molecule has 130 valence electrons. The largest absolute Gasteiger partial charge is 0.332 e. The Balaban J connectivity index is 1.45. The summed E-state index contributed by atoms with van der Waals surface area (Å²) >= 11 is 2.78. The first kappa shape index (κ1) is 17.3. The quantitative estimate of drug-likeness (QED) is 0.800. The van der Waals surface area contributed by atoms with Crippen molar-refractivity contribution in [3.63, 3.8) is 0 Å². The van der Waals surface area contributed by atoms with E-state index in [9.17, 15) is 14.4 Å². The van der Waals surface area contributed by atoms with Crippen molar-refractivity contribution < 1.29 is 14.4 Å². The Hall–Kier alpha value is -1.54. The van der Waals surface area contributed by atoms with Gasteiger partial charge in [-0.05, 0) is 36.8 Å². The Morgan fingerprint density at radius 3 is 2.96 bits per heavy atom. The SMILES string of the molecule is C[C@H]1CCc2sc(C(=O)NNC(=O)CCN3CCSC3=O)cc2C1. The number of hydrazine groups is 1. The van der Waals surface area contributed by atoms with Crippen LogP contribution in [0.15, 0.2) is 6.07 Å². The average molecular weight is 367 g/mol. The standard InChI is InChI=1S/C16H21N3O3S2/c1-10-2-3-12-11(8-10)9-13(24-12)15(21)18-17-14(20)4-5-19-6-7-23-16(19)22/h9-10H,2-8H2,1H3,(H,17,20)(H,18,21)/t10-/m0/s1. The van der Waals surface area contributed by atoms with Gasteiger partial charge in [-0.25, -0.2) is 0 Å². The summed E-state index contributed by atoms with van der Waals surface area (Å²) in [6.07, 6.45) is 3.40. The lowest BCUT2D eigenvalue weighted by Gasteiger charge is -2.16. The van der Waals surface area contributed by atoms with Gasteiger partial charge in [-0.15, -0.1) is 11.3 Å². The van der Waals surface area contributed by atoms with Gasteiger partial charge in [-0.1, -0.05) is 18.7 Å². The highest BCUT2D eigenvalue weighted by Gasteiger charge is 2.22. The molecule has 1 atom stereocenters. The van der Waals surface area contributed by atoms with E-state index in [1.807, 2.05) is 6.07 Å². The predicted octanol–water partition coefficient (Wildman–Crippen LogP) is 2.19. The number of aryl methyl sites for hydroxylation is 1. The van der Waals surface area contributed by atoms with E-state index in [0.29, 0.717) is 23.9 Å². The smallest absolute Gasteiger partial charge is 0.281 e. The van der Waals surface area contributed by atoms with E-state index in [2.05, 4.69) is 17.8 Å². The highest BCUT2D eigenvalue weighted by atomic mass is 32.2. The highest BCUT2D eigenvalue weighted by molar-refractivity contribution is 8.13. The first-order valence-corrected chi connectivity index (χ1v) is 9.95. The topological polar surface area (TPSA) is 78.5 Å². The zero-order valence-electron chi connectivity index (χ0n) is 13.6. The molecule has 3 rings (SSSR count). The molecule has 0 saturated carbocycles. The molecule has 2 aliphatic rings. The maximum atomic E-state index is 12.2. The number of thioether (sulfide) groups is 1. The van der Waals surface area contributed by atoms with Gasteiger partial charge in [-0.3, -0.25) is 25.2 Å². The van der Waals surface area contributed by atoms with Crippen LogP contribution in [-0.2, 0) is 17.6 Å². The molecule has 0 aromatic carbocycles. The van der Waals surface area contributed by atoms with E-state index >= 15 is 0 Å². The van der Waals surface area contributed by atoms with Crippen LogP contribution < -0.4 is 10.9 Å². The van der Waals surface area contributed by atoms with E-state index in [0.717, 1.165) is 18.6 Å². The molecular formula is C16H21N3O3S2. The maximum absolute atomic E-state index is 12.2. The summed E-state index contributed by atoms with van der Waals surface area (Å²) in [5.41, 5.74) is 6.17. The van der Waals surface area contributed by atoms with Crippen molar-refractivity contribution in [2.45, 2.75) is 32.6 Å². The summed E-state index contributed by atoms with van der Waals surface area (Å²) in [4.78, 5) is 39.0. The van der Waals surface area contributed by atoms with E-state index in [-0.39, 0.29) is 23.5 Å². The third kappa shape index (κ3) is 4.10. The Morgan fingerprint density at radius 1 is 1.38 bits per heavy atom. The molecule has 6 nitrogen and oxygen atoms in total. The van der Waals surface area contributed by atoms with Gasteiger partial charge in [0.05, 0.1) is 4.88 Å². The molecule has 1 saturated heterocycles. The summed E-state index contributed by atoms with van der Waals surface area (Å²) in [5, 5.41) is 0.0187. The zero-order valence-corrected chi connectivity index (χ0v) is 15.2. The van der Waals surface area contributed by atoms with Crippen LogP contribution in [0.1, 0.15) is 39.9 Å². The predicted molar refractivity (Wildman–Crippen MR) is 95.2 cm³/mol. The fourth-order valence-corrected chi connectivity index (χ4v) is 4.89. The van der Waals surface area contributed by atoms with Crippen LogP contribution >= 0.6 is 23.1 Å². The summed E-state index contributed by atoms with van der Waals surface area (Å²) in [5.74, 6) is 0.874. The van der Waals surface area contributed by atoms with Crippen LogP contribution in [0.25, 0.3) is 0 Å². The van der Waals surface area contributed by atoms with Crippen LogP contribution in [0.2, 0.25) is 0 Å². The van der Waals surface area contributed by atoms with Gasteiger partial charge in [-0.2, -0.15) is 0 Å². The lowest BCUT2D eigenvalue weighted by Crippen LogP contribution is -2.42. The molecule has 0 spiro atoms. The molecule has 2 heterocycles. The molecule has 0 radical (unpaired) electrons. The minimum absolute atomic E-state index is 0.0187. The Bertz CT molecular complexity index is 659. The third-order valence-corrected chi connectivity index (χ3v) is 6.45. The molecule has 1 aromatic heterocycles. The first-order chi connectivity index (χ1) is 11.5. The summed E-state index contributed by atoms with van der Waals surface area (Å²) in [7, 11) is 0. The van der Waals surface area contributed by atoms with Crippen LogP contribution in [0.5, 0.6) is 0 Å². The number of nitrogens with zero attached hydrogens (tertiary/aromatic N) is 1. The summed E-state index contributed by atoms with van der Waals surface area (Å²) in [6, 6.07) is 1.94. The zero-order chi connectivity index (χ0) is 17.1. The second kappa shape index (κ2) is 7.57. The molecular weight excluding hydrogens is 346 g/mol. The Kier molecular flexibility index (Phi) is 5.45. The van der Waals surface area contributed by atoms with Gasteiger partial charge in [0.15, 0.2) is 0 Å². The van der Waals surface area contributed by atoms with Gasteiger partial charge in [0.1, 0.15) is 0 Å². The summed E-state index contributed by atoms with van der Waals surface area (Å²) in [6.45, 7) is 3.30. The van der Waals surface area contributed by atoms with Crippen LogP contribution in [0.3, 0.4) is 0 Å². The number of hydrogen-bond acceptors (Lipinski definition) is 5. The molecule has 0 bridgehead atoms. The number of carbonyl (C=O) groups excluding carboxylic acids is 3. The molecule has 1 aliphatic carbocycles. The second-order valence-electron chi connectivity index (χ2n) is 6.26. The van der Waals surface area contributed by atoms with Crippen molar-refractivity contribution >= 4 is 40.2 Å². The first-order valence-electron chi connectivity index (χ1n) is 8.15. The van der Waals surface area contributed by atoms with Crippen LogP contribution in [-0.4, -0.2) is 40.8 Å². The van der Waals surface area contributed by atoms with Crippen LogP contribution in [0, 0.1) is 5.92 Å². The van der Waals surface area contributed by atoms with Crippen molar-refractivity contribution in [2.75, 3.05) is 18.8 Å². The molecule has 8 heteroatoms. The number of amides is 3. The van der Waals surface area contributed by atoms with Gasteiger partial charge >= 0.3 is 0 Å². The van der Waals surface area contributed by atoms with Crippen molar-refractivity contribution in [1.82, 2.24) is 15.8 Å². The number of hydrogen-bond donors (Lipinski definition) is 2. The average Bonchev–Trinajstić information content (AvgIpc) is 3.16. The second-order valence-corrected chi connectivity index (χ2v) is 8.44. The minimum atomic E-state index is -0.289.